The van der Waals surface area contributed by atoms with Crippen LogP contribution in [-0.2, 0) is 6.54 Å². The summed E-state index contributed by atoms with van der Waals surface area (Å²) in [4.78, 5) is 10.0. The number of benzene rings is 1. The number of aromatic nitrogens is 2. The van der Waals surface area contributed by atoms with E-state index < -0.39 is 4.92 Å². The van der Waals surface area contributed by atoms with Crippen LogP contribution in [0.2, 0.25) is 0 Å². The number of rotatable bonds is 6. The van der Waals surface area contributed by atoms with Crippen molar-refractivity contribution in [1.29, 1.82) is 0 Å². The summed E-state index contributed by atoms with van der Waals surface area (Å²) >= 11 is 0. The Kier molecular flexibility index (Phi) is 3.97. The Morgan fingerprint density at radius 3 is 2.89 bits per heavy atom. The van der Waals surface area contributed by atoms with Crippen molar-refractivity contribution in [2.24, 2.45) is 0 Å². The molecule has 0 saturated carbocycles. The van der Waals surface area contributed by atoms with Gasteiger partial charge < -0.3 is 9.47 Å². The van der Waals surface area contributed by atoms with Gasteiger partial charge in [-0.25, -0.2) is 0 Å². The largest absolute Gasteiger partial charge is 0.497 e. The van der Waals surface area contributed by atoms with Gasteiger partial charge in [-0.05, 0) is 12.1 Å². The number of hydrogen-bond acceptors (Lipinski definition) is 5. The first-order chi connectivity index (χ1) is 9.19. The Labute approximate surface area is 109 Å². The van der Waals surface area contributed by atoms with Gasteiger partial charge in [0.2, 0.25) is 0 Å². The zero-order valence-corrected chi connectivity index (χ0v) is 10.4. The molecular formula is C12H13N3O4. The van der Waals surface area contributed by atoms with E-state index in [1.165, 1.54) is 17.1 Å². The molecule has 0 N–H and O–H groups in total. The SMILES string of the molecule is COc1cccc(OCCn2cc([N+](=O)[O-])cn2)c1. The standard InChI is InChI=1S/C12H13N3O4/c1-18-11-3-2-4-12(7-11)19-6-5-14-9-10(8-13-14)15(16)17/h2-4,7-9H,5-6H2,1H3. The van der Waals surface area contributed by atoms with E-state index in [1.54, 1.807) is 13.2 Å². The minimum absolute atomic E-state index is 0.0265. The molecule has 1 aromatic carbocycles. The molecule has 0 saturated heterocycles. The van der Waals surface area contributed by atoms with E-state index in [-0.39, 0.29) is 5.69 Å². The second-order valence-corrected chi connectivity index (χ2v) is 3.75. The van der Waals surface area contributed by atoms with Gasteiger partial charge in [0, 0.05) is 6.07 Å². The molecule has 0 spiro atoms. The minimum Gasteiger partial charge on any atom is -0.497 e. The first-order valence-corrected chi connectivity index (χ1v) is 5.63. The quantitative estimate of drug-likeness (QED) is 0.587. The number of methoxy groups -OCH3 is 1. The number of nitrogens with zero attached hydrogens (tertiary/aromatic N) is 3. The average molecular weight is 263 g/mol. The van der Waals surface area contributed by atoms with Crippen LogP contribution in [0.3, 0.4) is 0 Å². The molecule has 0 aliphatic carbocycles. The third kappa shape index (κ3) is 3.44. The maximum atomic E-state index is 10.5. The zero-order valence-electron chi connectivity index (χ0n) is 10.4. The Hall–Kier alpha value is -2.57. The molecule has 1 heterocycles. The summed E-state index contributed by atoms with van der Waals surface area (Å²) < 4.78 is 12.1. The first kappa shape index (κ1) is 12.9. The van der Waals surface area contributed by atoms with Crippen LogP contribution in [0.25, 0.3) is 0 Å². The number of hydrogen-bond donors (Lipinski definition) is 0. The monoisotopic (exact) mass is 263 g/mol. The highest BCUT2D eigenvalue weighted by atomic mass is 16.6. The molecule has 0 bridgehead atoms. The molecule has 1 aromatic heterocycles. The summed E-state index contributed by atoms with van der Waals surface area (Å²) in [7, 11) is 1.59. The lowest BCUT2D eigenvalue weighted by molar-refractivity contribution is -0.385. The van der Waals surface area contributed by atoms with Crippen LogP contribution in [0.5, 0.6) is 11.5 Å². The second-order valence-electron chi connectivity index (χ2n) is 3.75. The summed E-state index contributed by atoms with van der Waals surface area (Å²) in [5, 5.41) is 14.4. The highest BCUT2D eigenvalue weighted by Crippen LogP contribution is 2.18. The summed E-state index contributed by atoms with van der Waals surface area (Å²) in [5.74, 6) is 1.40. The van der Waals surface area contributed by atoms with E-state index in [4.69, 9.17) is 9.47 Å². The van der Waals surface area contributed by atoms with Crippen LogP contribution in [-0.4, -0.2) is 28.4 Å². The topological polar surface area (TPSA) is 79.4 Å². The molecular weight excluding hydrogens is 250 g/mol. The van der Waals surface area contributed by atoms with Gasteiger partial charge in [-0.1, -0.05) is 6.07 Å². The van der Waals surface area contributed by atoms with Gasteiger partial charge in [0.25, 0.3) is 0 Å². The smallest absolute Gasteiger partial charge is 0.306 e. The van der Waals surface area contributed by atoms with Crippen LogP contribution >= 0.6 is 0 Å². The van der Waals surface area contributed by atoms with Gasteiger partial charge >= 0.3 is 5.69 Å². The molecule has 0 atom stereocenters. The van der Waals surface area contributed by atoms with Gasteiger partial charge in [-0.15, -0.1) is 0 Å². The van der Waals surface area contributed by atoms with E-state index in [2.05, 4.69) is 5.10 Å². The Bertz CT molecular complexity index is 568. The minimum atomic E-state index is -0.480. The normalized spacial score (nSPS) is 10.2. The van der Waals surface area contributed by atoms with Crippen LogP contribution in [0.15, 0.2) is 36.7 Å². The molecule has 0 amide bonds. The summed E-state index contributed by atoms with van der Waals surface area (Å²) in [5.41, 5.74) is -0.0265. The fourth-order valence-corrected chi connectivity index (χ4v) is 1.52. The molecule has 0 unspecified atom stereocenters. The van der Waals surface area contributed by atoms with Crippen molar-refractivity contribution in [3.05, 3.63) is 46.8 Å². The zero-order chi connectivity index (χ0) is 13.7. The fourth-order valence-electron chi connectivity index (χ4n) is 1.52. The summed E-state index contributed by atoms with van der Waals surface area (Å²) in [6.45, 7) is 0.803. The third-order valence-electron chi connectivity index (χ3n) is 2.46. The van der Waals surface area contributed by atoms with Crippen molar-refractivity contribution in [1.82, 2.24) is 9.78 Å². The first-order valence-electron chi connectivity index (χ1n) is 5.63. The van der Waals surface area contributed by atoms with E-state index in [1.807, 2.05) is 18.2 Å². The third-order valence-corrected chi connectivity index (χ3v) is 2.46. The van der Waals surface area contributed by atoms with Crippen molar-refractivity contribution < 1.29 is 14.4 Å². The lowest BCUT2D eigenvalue weighted by Crippen LogP contribution is -2.08. The van der Waals surface area contributed by atoms with Gasteiger partial charge in [0.1, 0.15) is 30.5 Å². The van der Waals surface area contributed by atoms with Crippen LogP contribution < -0.4 is 9.47 Å². The second kappa shape index (κ2) is 5.85. The predicted molar refractivity (Wildman–Crippen MR) is 67.4 cm³/mol. The molecule has 0 aliphatic rings. The van der Waals surface area contributed by atoms with E-state index >= 15 is 0 Å². The van der Waals surface area contributed by atoms with Gasteiger partial charge in [-0.3, -0.25) is 14.8 Å². The van der Waals surface area contributed by atoms with Crippen molar-refractivity contribution in [2.45, 2.75) is 6.54 Å². The van der Waals surface area contributed by atoms with Gasteiger partial charge in [0.15, 0.2) is 0 Å². The Morgan fingerprint density at radius 2 is 2.21 bits per heavy atom. The number of nitro groups is 1. The van der Waals surface area contributed by atoms with E-state index in [9.17, 15) is 10.1 Å². The molecule has 2 aromatic rings. The van der Waals surface area contributed by atoms with Crippen LogP contribution in [0.1, 0.15) is 0 Å². The van der Waals surface area contributed by atoms with Gasteiger partial charge in [0.05, 0.1) is 18.6 Å². The molecule has 0 aliphatic heterocycles. The highest BCUT2D eigenvalue weighted by molar-refractivity contribution is 5.32. The van der Waals surface area contributed by atoms with Crippen LogP contribution in [0, 0.1) is 10.1 Å². The summed E-state index contributed by atoms with van der Waals surface area (Å²) in [6, 6.07) is 7.23. The van der Waals surface area contributed by atoms with Crippen molar-refractivity contribution in [2.75, 3.05) is 13.7 Å². The Morgan fingerprint density at radius 1 is 1.42 bits per heavy atom. The fraction of sp³-hybridized carbons (Fsp3) is 0.250. The predicted octanol–water partition coefficient (Wildman–Crippen LogP) is 1.88. The molecule has 0 radical (unpaired) electrons. The highest BCUT2D eigenvalue weighted by Gasteiger charge is 2.08. The van der Waals surface area contributed by atoms with Crippen LogP contribution in [0.4, 0.5) is 5.69 Å². The molecule has 100 valence electrons. The molecule has 0 fully saturated rings. The van der Waals surface area contributed by atoms with Crippen molar-refractivity contribution in [3.8, 4) is 11.5 Å². The maximum Gasteiger partial charge on any atom is 0.306 e. The maximum absolute atomic E-state index is 10.5. The van der Waals surface area contributed by atoms with Crippen molar-refractivity contribution in [3.63, 3.8) is 0 Å². The van der Waals surface area contributed by atoms with Crippen molar-refractivity contribution >= 4 is 5.69 Å². The molecule has 7 nitrogen and oxygen atoms in total. The molecule has 7 heteroatoms. The average Bonchev–Trinajstić information content (AvgIpc) is 2.88. The Balaban J connectivity index is 1.86. The molecule has 19 heavy (non-hydrogen) atoms. The lowest BCUT2D eigenvalue weighted by atomic mass is 10.3. The lowest BCUT2D eigenvalue weighted by Gasteiger charge is -2.07. The van der Waals surface area contributed by atoms with E-state index in [0.29, 0.717) is 24.7 Å². The number of ether oxygens (including phenoxy) is 2. The van der Waals surface area contributed by atoms with Gasteiger partial charge in [-0.2, -0.15) is 5.10 Å². The van der Waals surface area contributed by atoms with E-state index in [0.717, 1.165) is 0 Å². The summed E-state index contributed by atoms with van der Waals surface area (Å²) in [6.07, 6.45) is 2.58. The molecule has 2 rings (SSSR count).